The maximum Gasteiger partial charge on any atom is 0.407 e. The number of carbonyl (C=O) groups excluding carboxylic acids is 1. The van der Waals surface area contributed by atoms with Crippen molar-refractivity contribution in [1.82, 2.24) is 20.5 Å². The SMILES string of the molecule is CC1(CCNC(=O)OC(C)(C)C)CC2(C1)C[N+]21NC(c2cnn(Cc3cccc(C4CC4)c3)c2)=C(C#N)C1=N. The number of alkyl carbamates (subject to hydrolysis) is 1. The number of nitrogens with zero attached hydrogens (tertiary/aromatic N) is 4. The third-order valence-corrected chi connectivity index (χ3v) is 8.70. The molecule has 2 aliphatic heterocycles. The topological polar surface area (TPSA) is 116 Å². The van der Waals surface area contributed by atoms with Gasteiger partial charge in [-0.05, 0) is 62.5 Å². The van der Waals surface area contributed by atoms with Crippen molar-refractivity contribution in [3.8, 4) is 6.07 Å². The fourth-order valence-corrected chi connectivity index (χ4v) is 6.81. The van der Waals surface area contributed by atoms with E-state index in [-0.39, 0.29) is 17.0 Å². The number of amidine groups is 1. The van der Waals surface area contributed by atoms with Crippen LogP contribution in [0.2, 0.25) is 0 Å². The van der Waals surface area contributed by atoms with Crippen LogP contribution in [0.15, 0.2) is 42.2 Å². The highest BCUT2D eigenvalue weighted by Gasteiger charge is 2.83. The number of hydrogen-bond donors (Lipinski definition) is 3. The molecule has 3 fully saturated rings. The van der Waals surface area contributed by atoms with Crippen molar-refractivity contribution in [2.24, 2.45) is 5.41 Å². The zero-order valence-corrected chi connectivity index (χ0v) is 23.3. The van der Waals surface area contributed by atoms with Crippen LogP contribution in [0, 0.1) is 22.2 Å². The van der Waals surface area contributed by atoms with Gasteiger partial charge in [-0.25, -0.2) is 15.6 Å². The first kappa shape index (κ1) is 25.6. The van der Waals surface area contributed by atoms with E-state index in [1.54, 1.807) is 6.20 Å². The van der Waals surface area contributed by atoms with Crippen molar-refractivity contribution in [3.63, 3.8) is 0 Å². The normalized spacial score (nSPS) is 29.3. The summed E-state index contributed by atoms with van der Waals surface area (Å²) < 4.78 is 7.60. The molecule has 0 radical (unpaired) electrons. The molecule has 2 spiro atoms. The standard InChI is InChI=1S/C30H37N7O2/c1-28(2,3)39-27(38)33-11-10-29(4)17-30(18-29)19-37(30)26(32)24(13-31)25(35-37)23-14-34-36(16-23)15-20-6-5-7-22(12-20)21-8-9-21/h5-7,12,14,16,21H,8-11,15,17-19H2,1-4H3,(H2-,32,33,35,38)/p+1. The van der Waals surface area contributed by atoms with Gasteiger partial charge in [-0.15, -0.1) is 0 Å². The zero-order valence-electron chi connectivity index (χ0n) is 23.3. The molecule has 2 aromatic rings. The third kappa shape index (κ3) is 4.61. The van der Waals surface area contributed by atoms with E-state index in [0.717, 1.165) is 31.4 Å². The van der Waals surface area contributed by atoms with Crippen LogP contribution in [0.5, 0.6) is 0 Å². The largest absolute Gasteiger partial charge is 0.444 e. The molecule has 1 atom stereocenters. The van der Waals surface area contributed by atoms with Crippen LogP contribution in [-0.2, 0) is 11.3 Å². The second kappa shape index (κ2) is 8.68. The number of quaternary nitrogens is 1. The highest BCUT2D eigenvalue weighted by molar-refractivity contribution is 6.06. The van der Waals surface area contributed by atoms with Crippen LogP contribution in [0.3, 0.4) is 0 Å². The van der Waals surface area contributed by atoms with Gasteiger partial charge in [0.2, 0.25) is 0 Å². The number of carbonyl (C=O) groups is 1. The number of fused-ring (bicyclic) bond motifs is 1. The lowest BCUT2D eigenvalue weighted by molar-refractivity contribution is -0.780. The van der Waals surface area contributed by atoms with E-state index in [0.29, 0.717) is 40.7 Å². The quantitative estimate of drug-likeness (QED) is 0.352. The maximum atomic E-state index is 12.0. The molecule has 3 N–H and O–H groups in total. The summed E-state index contributed by atoms with van der Waals surface area (Å²) >= 11 is 0. The summed E-state index contributed by atoms with van der Waals surface area (Å²) in [6.07, 6.45) is 8.67. The van der Waals surface area contributed by atoms with Crippen LogP contribution >= 0.6 is 0 Å². The van der Waals surface area contributed by atoms with E-state index in [1.165, 1.54) is 24.0 Å². The molecule has 2 saturated carbocycles. The summed E-state index contributed by atoms with van der Waals surface area (Å²) in [7, 11) is 0. The zero-order chi connectivity index (χ0) is 27.6. The maximum absolute atomic E-state index is 12.0. The molecule has 2 aliphatic carbocycles. The highest BCUT2D eigenvalue weighted by Crippen LogP contribution is 2.66. The molecule has 1 aromatic carbocycles. The molecule has 1 amide bonds. The molecule has 204 valence electrons. The molecule has 1 aromatic heterocycles. The van der Waals surface area contributed by atoms with Crippen molar-refractivity contribution in [3.05, 3.63) is 58.9 Å². The Balaban J connectivity index is 1.09. The Hall–Kier alpha value is -3.64. The van der Waals surface area contributed by atoms with Gasteiger partial charge in [-0.1, -0.05) is 31.2 Å². The van der Waals surface area contributed by atoms with Crippen LogP contribution in [0.25, 0.3) is 5.70 Å². The minimum Gasteiger partial charge on any atom is -0.444 e. The number of nitriles is 1. The van der Waals surface area contributed by atoms with Crippen LogP contribution < -0.4 is 10.7 Å². The van der Waals surface area contributed by atoms with Crippen molar-refractivity contribution in [1.29, 1.82) is 10.7 Å². The van der Waals surface area contributed by atoms with Crippen LogP contribution in [0.1, 0.15) is 82.4 Å². The number of benzene rings is 1. The fourth-order valence-electron chi connectivity index (χ4n) is 6.81. The lowest BCUT2D eigenvalue weighted by Gasteiger charge is -2.44. The second-order valence-electron chi connectivity index (χ2n) is 13.3. The summed E-state index contributed by atoms with van der Waals surface area (Å²) in [5.74, 6) is 1.07. The molecule has 1 unspecified atom stereocenters. The van der Waals surface area contributed by atoms with Gasteiger partial charge in [0.15, 0.2) is 17.7 Å². The van der Waals surface area contributed by atoms with Gasteiger partial charge in [0.25, 0.3) is 5.84 Å². The molecule has 3 heterocycles. The minimum absolute atomic E-state index is 0.0686. The van der Waals surface area contributed by atoms with Crippen molar-refractivity contribution in [2.75, 3.05) is 13.1 Å². The molecule has 6 rings (SSSR count). The van der Waals surface area contributed by atoms with Gasteiger partial charge >= 0.3 is 6.09 Å². The number of nitrogens with one attached hydrogen (secondary N) is 3. The Morgan fingerprint density at radius 3 is 2.82 bits per heavy atom. The summed E-state index contributed by atoms with van der Waals surface area (Å²) in [5.41, 5.74) is 7.66. The summed E-state index contributed by atoms with van der Waals surface area (Å²) in [4.78, 5) is 12.0. The van der Waals surface area contributed by atoms with Gasteiger partial charge in [-0.3, -0.25) is 4.68 Å². The summed E-state index contributed by atoms with van der Waals surface area (Å²) in [6.45, 7) is 9.84. The monoisotopic (exact) mass is 528 g/mol. The molecule has 4 aliphatic rings. The predicted octanol–water partition coefficient (Wildman–Crippen LogP) is 4.82. The lowest BCUT2D eigenvalue weighted by atomic mass is 9.60. The van der Waals surface area contributed by atoms with Gasteiger partial charge in [-0.2, -0.15) is 15.0 Å². The Bertz CT molecular complexity index is 1420. The number of ether oxygens (including phenoxy) is 1. The number of rotatable bonds is 7. The molecule has 0 bridgehead atoms. The van der Waals surface area contributed by atoms with E-state index in [9.17, 15) is 10.1 Å². The number of aromatic nitrogens is 2. The van der Waals surface area contributed by atoms with E-state index in [1.807, 2.05) is 31.6 Å². The van der Waals surface area contributed by atoms with Gasteiger partial charge < -0.3 is 10.1 Å². The van der Waals surface area contributed by atoms with Gasteiger partial charge in [0.05, 0.1) is 12.7 Å². The van der Waals surface area contributed by atoms with Crippen LogP contribution in [-0.4, -0.2) is 50.5 Å². The molecule has 9 heteroatoms. The third-order valence-electron chi connectivity index (χ3n) is 8.70. The van der Waals surface area contributed by atoms with E-state index in [4.69, 9.17) is 10.1 Å². The molecule has 1 saturated heterocycles. The van der Waals surface area contributed by atoms with Crippen molar-refractivity contribution < 1.29 is 14.1 Å². The smallest absolute Gasteiger partial charge is 0.407 e. The second-order valence-corrected chi connectivity index (χ2v) is 13.3. The van der Waals surface area contributed by atoms with Crippen LogP contribution in [0.4, 0.5) is 4.79 Å². The van der Waals surface area contributed by atoms with Gasteiger partial charge in [0, 0.05) is 31.1 Å². The summed E-state index contributed by atoms with van der Waals surface area (Å²) in [6, 6.07) is 11.0. The first-order chi connectivity index (χ1) is 18.4. The molecular weight excluding hydrogens is 490 g/mol. The minimum atomic E-state index is -0.512. The Kier molecular flexibility index (Phi) is 5.71. The van der Waals surface area contributed by atoms with Gasteiger partial charge in [0.1, 0.15) is 17.4 Å². The Morgan fingerprint density at radius 2 is 2.13 bits per heavy atom. The van der Waals surface area contributed by atoms with Crippen molar-refractivity contribution in [2.45, 2.75) is 83.4 Å². The van der Waals surface area contributed by atoms with E-state index in [2.05, 4.69) is 53.1 Å². The highest BCUT2D eigenvalue weighted by atomic mass is 16.6. The average molecular weight is 529 g/mol. The Labute approximate surface area is 229 Å². The summed E-state index contributed by atoms with van der Waals surface area (Å²) in [5, 5.41) is 26.4. The molecular formula is C30H38N7O2+. The van der Waals surface area contributed by atoms with E-state index >= 15 is 0 Å². The Morgan fingerprint density at radius 1 is 1.36 bits per heavy atom. The number of hydrogen-bond acceptors (Lipinski definition) is 6. The van der Waals surface area contributed by atoms with Crippen molar-refractivity contribution >= 4 is 17.6 Å². The first-order valence-corrected chi connectivity index (χ1v) is 13.9. The number of amides is 1. The van der Waals surface area contributed by atoms with E-state index < -0.39 is 5.60 Å². The average Bonchev–Trinajstić information content (AvgIpc) is 3.71. The fraction of sp³-hybridized carbons (Fsp3) is 0.533. The first-order valence-electron chi connectivity index (χ1n) is 13.9. The predicted molar refractivity (Wildman–Crippen MR) is 147 cm³/mol. The molecule has 9 nitrogen and oxygen atoms in total. The molecule has 39 heavy (non-hydrogen) atoms. The lowest BCUT2D eigenvalue weighted by Crippen LogP contribution is -2.55.